The molecule has 4 heteroatoms. The van der Waals surface area contributed by atoms with Crippen LogP contribution < -0.4 is 10.6 Å². The predicted molar refractivity (Wildman–Crippen MR) is 68.9 cm³/mol. The molecule has 3 N–H and O–H groups in total. The molecule has 0 bridgehead atoms. The van der Waals surface area contributed by atoms with Crippen LogP contribution in [0.5, 0.6) is 0 Å². The molecule has 0 aromatic carbocycles. The molecule has 1 fully saturated rings. The third-order valence-corrected chi connectivity index (χ3v) is 3.44. The molecule has 0 aliphatic carbocycles. The number of rotatable bonds is 4. The number of nitrogens with two attached hydrogens (primary N) is 1. The highest BCUT2D eigenvalue weighted by molar-refractivity contribution is 5.40. The summed E-state index contributed by atoms with van der Waals surface area (Å²) in [5, 5.41) is 8.93. The van der Waals surface area contributed by atoms with Crippen molar-refractivity contribution in [3.05, 3.63) is 23.9 Å². The van der Waals surface area contributed by atoms with Gasteiger partial charge in [0.15, 0.2) is 0 Å². The molecule has 0 radical (unpaired) electrons. The third kappa shape index (κ3) is 2.96. The second-order valence-electron chi connectivity index (χ2n) is 4.85. The van der Waals surface area contributed by atoms with Crippen LogP contribution in [0.2, 0.25) is 0 Å². The van der Waals surface area contributed by atoms with Gasteiger partial charge in [0.25, 0.3) is 0 Å². The van der Waals surface area contributed by atoms with Crippen LogP contribution in [0.1, 0.15) is 31.4 Å². The van der Waals surface area contributed by atoms with Gasteiger partial charge in [0, 0.05) is 31.9 Å². The maximum absolute atomic E-state index is 8.93. The Morgan fingerprint density at radius 2 is 2.41 bits per heavy atom. The number of hydrogen-bond donors (Lipinski definition) is 2. The SMILES string of the molecule is CC(N)c1ccc(N2CCC(CCO)C2)nc1. The van der Waals surface area contributed by atoms with Gasteiger partial charge in [-0.3, -0.25) is 0 Å². The quantitative estimate of drug-likeness (QED) is 0.826. The summed E-state index contributed by atoms with van der Waals surface area (Å²) in [5.41, 5.74) is 6.87. The van der Waals surface area contributed by atoms with E-state index in [1.54, 1.807) is 0 Å². The normalized spacial score (nSPS) is 21.8. The zero-order chi connectivity index (χ0) is 12.3. The fraction of sp³-hybridized carbons (Fsp3) is 0.615. The summed E-state index contributed by atoms with van der Waals surface area (Å²) in [7, 11) is 0. The van der Waals surface area contributed by atoms with Crippen molar-refractivity contribution in [2.45, 2.75) is 25.8 Å². The molecule has 0 saturated carbocycles. The van der Waals surface area contributed by atoms with E-state index < -0.39 is 0 Å². The van der Waals surface area contributed by atoms with Crippen molar-refractivity contribution >= 4 is 5.82 Å². The molecule has 17 heavy (non-hydrogen) atoms. The number of pyridine rings is 1. The van der Waals surface area contributed by atoms with Crippen LogP contribution in [0.25, 0.3) is 0 Å². The van der Waals surface area contributed by atoms with Gasteiger partial charge in [-0.15, -0.1) is 0 Å². The van der Waals surface area contributed by atoms with Crippen molar-refractivity contribution < 1.29 is 5.11 Å². The summed E-state index contributed by atoms with van der Waals surface area (Å²) in [6, 6.07) is 4.13. The third-order valence-electron chi connectivity index (χ3n) is 3.44. The fourth-order valence-electron chi connectivity index (χ4n) is 2.31. The van der Waals surface area contributed by atoms with Crippen LogP contribution in [0.15, 0.2) is 18.3 Å². The van der Waals surface area contributed by atoms with Crippen LogP contribution >= 0.6 is 0 Å². The van der Waals surface area contributed by atoms with E-state index in [4.69, 9.17) is 10.8 Å². The average molecular weight is 235 g/mol. The minimum Gasteiger partial charge on any atom is -0.396 e. The molecule has 0 amide bonds. The number of anilines is 1. The summed E-state index contributed by atoms with van der Waals surface area (Å²) >= 11 is 0. The molecule has 2 rings (SSSR count). The molecule has 1 aromatic rings. The highest BCUT2D eigenvalue weighted by atomic mass is 16.3. The van der Waals surface area contributed by atoms with Gasteiger partial charge in [-0.2, -0.15) is 0 Å². The Morgan fingerprint density at radius 1 is 1.59 bits per heavy atom. The topological polar surface area (TPSA) is 62.4 Å². The zero-order valence-corrected chi connectivity index (χ0v) is 10.3. The summed E-state index contributed by atoms with van der Waals surface area (Å²) in [5.74, 6) is 1.63. The lowest BCUT2D eigenvalue weighted by molar-refractivity contribution is 0.263. The molecular formula is C13H21N3O. The Labute approximate surface area is 102 Å². The van der Waals surface area contributed by atoms with E-state index in [1.807, 2.05) is 25.3 Å². The van der Waals surface area contributed by atoms with Crippen molar-refractivity contribution in [2.75, 3.05) is 24.6 Å². The molecule has 0 spiro atoms. The van der Waals surface area contributed by atoms with Gasteiger partial charge >= 0.3 is 0 Å². The standard InChI is InChI=1S/C13H21N3O/c1-10(14)12-2-3-13(15-8-12)16-6-4-11(9-16)5-7-17/h2-3,8,10-11,17H,4-7,9,14H2,1H3. The molecular weight excluding hydrogens is 214 g/mol. The van der Waals surface area contributed by atoms with Crippen molar-refractivity contribution in [2.24, 2.45) is 11.7 Å². The number of nitrogens with zero attached hydrogens (tertiary/aromatic N) is 2. The lowest BCUT2D eigenvalue weighted by atomic mass is 10.1. The molecule has 1 aromatic heterocycles. The monoisotopic (exact) mass is 235 g/mol. The Bertz CT molecular complexity index is 350. The summed E-state index contributed by atoms with van der Waals surface area (Å²) < 4.78 is 0. The maximum Gasteiger partial charge on any atom is 0.128 e. The molecule has 1 saturated heterocycles. The first-order valence-electron chi connectivity index (χ1n) is 6.28. The van der Waals surface area contributed by atoms with Crippen LogP contribution in [0.3, 0.4) is 0 Å². The predicted octanol–water partition coefficient (Wildman–Crippen LogP) is 1.31. The second-order valence-corrected chi connectivity index (χ2v) is 4.85. The van der Waals surface area contributed by atoms with E-state index in [0.29, 0.717) is 5.92 Å². The second kappa shape index (κ2) is 5.47. The fourth-order valence-corrected chi connectivity index (χ4v) is 2.31. The van der Waals surface area contributed by atoms with Crippen LogP contribution in [-0.4, -0.2) is 29.8 Å². The van der Waals surface area contributed by atoms with E-state index in [1.165, 1.54) is 0 Å². The first-order chi connectivity index (χ1) is 8.20. The lowest BCUT2D eigenvalue weighted by Crippen LogP contribution is -2.21. The lowest BCUT2D eigenvalue weighted by Gasteiger charge is -2.18. The molecule has 1 aliphatic heterocycles. The molecule has 4 nitrogen and oxygen atoms in total. The molecule has 2 atom stereocenters. The Hall–Kier alpha value is -1.13. The van der Waals surface area contributed by atoms with Gasteiger partial charge in [-0.1, -0.05) is 6.07 Å². The number of aromatic nitrogens is 1. The van der Waals surface area contributed by atoms with Gasteiger partial charge < -0.3 is 15.7 Å². The molecule has 94 valence electrons. The number of hydrogen-bond acceptors (Lipinski definition) is 4. The van der Waals surface area contributed by atoms with E-state index in [2.05, 4.69) is 9.88 Å². The van der Waals surface area contributed by atoms with Crippen molar-refractivity contribution in [1.29, 1.82) is 0 Å². The maximum atomic E-state index is 8.93. The first-order valence-corrected chi connectivity index (χ1v) is 6.28. The van der Waals surface area contributed by atoms with Crippen LogP contribution in [0, 0.1) is 5.92 Å². The van der Waals surface area contributed by atoms with Gasteiger partial charge in [-0.25, -0.2) is 4.98 Å². The summed E-state index contributed by atoms with van der Waals surface area (Å²) in [4.78, 5) is 6.74. The Kier molecular flexibility index (Phi) is 3.97. The highest BCUT2D eigenvalue weighted by Gasteiger charge is 2.22. The number of aliphatic hydroxyl groups is 1. The summed E-state index contributed by atoms with van der Waals surface area (Å²) in [6.45, 7) is 4.29. The minimum atomic E-state index is 0.0391. The van der Waals surface area contributed by atoms with Crippen molar-refractivity contribution in [3.8, 4) is 0 Å². The highest BCUT2D eigenvalue weighted by Crippen LogP contribution is 2.24. The van der Waals surface area contributed by atoms with Gasteiger partial charge in [0.2, 0.25) is 0 Å². The van der Waals surface area contributed by atoms with E-state index in [0.717, 1.165) is 37.3 Å². The average Bonchev–Trinajstić information content (AvgIpc) is 2.78. The largest absolute Gasteiger partial charge is 0.396 e. The van der Waals surface area contributed by atoms with E-state index in [-0.39, 0.29) is 12.6 Å². The minimum absolute atomic E-state index is 0.0391. The summed E-state index contributed by atoms with van der Waals surface area (Å²) in [6.07, 6.45) is 3.91. The van der Waals surface area contributed by atoms with Crippen molar-refractivity contribution in [3.63, 3.8) is 0 Å². The van der Waals surface area contributed by atoms with Crippen molar-refractivity contribution in [1.82, 2.24) is 4.98 Å². The molecule has 2 heterocycles. The smallest absolute Gasteiger partial charge is 0.128 e. The zero-order valence-electron chi connectivity index (χ0n) is 10.3. The molecule has 1 aliphatic rings. The van der Waals surface area contributed by atoms with Gasteiger partial charge in [0.1, 0.15) is 5.82 Å². The number of aliphatic hydroxyl groups excluding tert-OH is 1. The van der Waals surface area contributed by atoms with Crippen LogP contribution in [0.4, 0.5) is 5.82 Å². The first kappa shape index (κ1) is 12.3. The Morgan fingerprint density at radius 3 is 3.00 bits per heavy atom. The molecule has 2 unspecified atom stereocenters. The van der Waals surface area contributed by atoms with E-state index >= 15 is 0 Å². The van der Waals surface area contributed by atoms with Gasteiger partial charge in [0.05, 0.1) is 0 Å². The van der Waals surface area contributed by atoms with E-state index in [9.17, 15) is 0 Å². The van der Waals surface area contributed by atoms with Gasteiger partial charge in [-0.05, 0) is 37.3 Å². The van der Waals surface area contributed by atoms with Crippen LogP contribution in [-0.2, 0) is 0 Å². The Balaban J connectivity index is 1.99.